The molecule has 0 heterocycles. The van der Waals surface area contributed by atoms with Gasteiger partial charge in [-0.3, -0.25) is 10.2 Å². The van der Waals surface area contributed by atoms with Crippen LogP contribution in [-0.2, 0) is 4.79 Å². The van der Waals surface area contributed by atoms with Gasteiger partial charge in [-0.15, -0.1) is 0 Å². The molecule has 0 aromatic heterocycles. The molecule has 1 aliphatic carbocycles. The maximum Gasteiger partial charge on any atom is 0.180 e. The molecule has 0 aliphatic heterocycles. The average Bonchev–Trinajstić information content (AvgIpc) is 2.16. The number of ketones is 1. The number of hydrazone groups is 1. The molecule has 1 atom stereocenters. The normalized spacial score (nSPS) is 20.9. The quantitative estimate of drug-likeness (QED) is 0.351. The van der Waals surface area contributed by atoms with Gasteiger partial charge in [0.2, 0.25) is 0 Å². The Morgan fingerprint density at radius 2 is 2.29 bits per heavy atom. The predicted molar refractivity (Wildman–Crippen MR) is 58.6 cm³/mol. The number of carbonyl (C=O) groups is 1. The molecule has 0 saturated carbocycles. The summed E-state index contributed by atoms with van der Waals surface area (Å²) in [4.78, 5) is 10.9. The summed E-state index contributed by atoms with van der Waals surface area (Å²) in [6, 6.07) is 0. The van der Waals surface area contributed by atoms with Gasteiger partial charge in [0, 0.05) is 6.08 Å². The van der Waals surface area contributed by atoms with Crippen molar-refractivity contribution in [1.29, 1.82) is 0 Å². The fraction of sp³-hybridized carbons (Fsp3) is 0.333. The second-order valence-electron chi connectivity index (χ2n) is 2.73. The van der Waals surface area contributed by atoms with Crippen LogP contribution >= 0.6 is 23.2 Å². The Morgan fingerprint density at radius 1 is 1.57 bits per heavy atom. The molecule has 0 radical (unpaired) electrons. The van der Waals surface area contributed by atoms with Crippen molar-refractivity contribution < 1.29 is 4.79 Å². The van der Waals surface area contributed by atoms with Gasteiger partial charge in [-0.1, -0.05) is 30.1 Å². The third-order valence-corrected chi connectivity index (χ3v) is 2.31. The average molecular weight is 233 g/mol. The minimum Gasteiger partial charge on any atom is -0.291 e. The predicted octanol–water partition coefficient (Wildman–Crippen LogP) is 2.17. The first-order valence-electron chi connectivity index (χ1n) is 4.20. The Morgan fingerprint density at radius 3 is 2.86 bits per heavy atom. The third kappa shape index (κ3) is 3.16. The molecule has 1 N–H and O–H groups in total. The van der Waals surface area contributed by atoms with E-state index >= 15 is 0 Å². The van der Waals surface area contributed by atoms with Gasteiger partial charge in [-0.05, 0) is 18.6 Å². The molecule has 0 aromatic carbocycles. The highest BCUT2D eigenvalue weighted by molar-refractivity contribution is 6.48. The third-order valence-electron chi connectivity index (χ3n) is 1.60. The van der Waals surface area contributed by atoms with E-state index in [-0.39, 0.29) is 11.3 Å². The summed E-state index contributed by atoms with van der Waals surface area (Å²) in [7, 11) is 0. The largest absolute Gasteiger partial charge is 0.291 e. The number of nitrogens with one attached hydrogen (secondary N) is 1. The minimum absolute atomic E-state index is 0.133. The van der Waals surface area contributed by atoms with Crippen LogP contribution in [0.2, 0.25) is 0 Å². The van der Waals surface area contributed by atoms with Crippen LogP contribution in [0.3, 0.4) is 0 Å². The first-order valence-corrected chi connectivity index (χ1v) is 5.02. The van der Waals surface area contributed by atoms with Gasteiger partial charge in [0.1, 0.15) is 11.2 Å². The second-order valence-corrected chi connectivity index (χ2v) is 3.66. The number of allylic oxidation sites excluding steroid dienone is 4. The van der Waals surface area contributed by atoms with Gasteiger partial charge in [-0.25, -0.2) is 0 Å². The standard InChI is InChI=1S/C9H10Cl2N2O/c1-2-9(11)13-12-8-4-3-6(14)5-7(8)10/h3-5,9,13H,2H2,1H3. The summed E-state index contributed by atoms with van der Waals surface area (Å²) < 4.78 is 0. The molecule has 1 aliphatic rings. The summed E-state index contributed by atoms with van der Waals surface area (Å²) in [5, 5.41) is 4.29. The lowest BCUT2D eigenvalue weighted by Gasteiger charge is -2.08. The molecule has 1 unspecified atom stereocenters. The lowest BCUT2D eigenvalue weighted by Crippen LogP contribution is -2.19. The zero-order chi connectivity index (χ0) is 10.6. The Hall–Kier alpha value is -0.800. The van der Waals surface area contributed by atoms with E-state index in [9.17, 15) is 4.79 Å². The highest BCUT2D eigenvalue weighted by Crippen LogP contribution is 2.11. The van der Waals surface area contributed by atoms with E-state index in [1.807, 2.05) is 6.92 Å². The number of hydrogen-bond acceptors (Lipinski definition) is 3. The minimum atomic E-state index is -0.224. The molecule has 76 valence electrons. The Bertz CT molecular complexity index is 321. The van der Waals surface area contributed by atoms with Crippen molar-refractivity contribution in [3.05, 3.63) is 23.3 Å². The molecular formula is C9H10Cl2N2O. The van der Waals surface area contributed by atoms with Gasteiger partial charge in [0.25, 0.3) is 0 Å². The number of alkyl halides is 1. The van der Waals surface area contributed by atoms with Crippen LogP contribution in [0.15, 0.2) is 28.4 Å². The number of carbonyl (C=O) groups excluding carboxylic acids is 1. The SMILES string of the molecule is CCC(Cl)NN=C1C=CC(=O)C=C1Cl. The van der Waals surface area contributed by atoms with Crippen LogP contribution < -0.4 is 5.43 Å². The highest BCUT2D eigenvalue weighted by Gasteiger charge is 2.09. The summed E-state index contributed by atoms with van der Waals surface area (Å²) in [6.07, 6.45) is 5.03. The maximum absolute atomic E-state index is 10.9. The molecule has 0 saturated heterocycles. The first kappa shape index (κ1) is 11.3. The van der Waals surface area contributed by atoms with E-state index in [1.54, 1.807) is 6.08 Å². The van der Waals surface area contributed by atoms with E-state index in [0.717, 1.165) is 6.42 Å². The van der Waals surface area contributed by atoms with E-state index in [0.29, 0.717) is 10.7 Å². The molecular weight excluding hydrogens is 223 g/mol. The van der Waals surface area contributed by atoms with Crippen LogP contribution in [0.5, 0.6) is 0 Å². The van der Waals surface area contributed by atoms with Crippen molar-refractivity contribution in [2.45, 2.75) is 18.8 Å². The zero-order valence-electron chi connectivity index (χ0n) is 7.63. The van der Waals surface area contributed by atoms with Crippen LogP contribution in [0, 0.1) is 0 Å². The van der Waals surface area contributed by atoms with Gasteiger partial charge >= 0.3 is 0 Å². The molecule has 14 heavy (non-hydrogen) atoms. The van der Waals surface area contributed by atoms with Crippen LogP contribution in [0.1, 0.15) is 13.3 Å². The summed E-state index contributed by atoms with van der Waals surface area (Å²) in [6.45, 7) is 1.93. The topological polar surface area (TPSA) is 41.5 Å². The van der Waals surface area contributed by atoms with Gasteiger partial charge < -0.3 is 0 Å². The maximum atomic E-state index is 10.9. The fourth-order valence-corrected chi connectivity index (χ4v) is 1.07. The van der Waals surface area contributed by atoms with E-state index < -0.39 is 0 Å². The molecule has 0 spiro atoms. The molecule has 0 aromatic rings. The van der Waals surface area contributed by atoms with E-state index in [1.165, 1.54) is 12.2 Å². The Balaban J connectivity index is 2.65. The number of hydrogen-bond donors (Lipinski definition) is 1. The zero-order valence-corrected chi connectivity index (χ0v) is 9.14. The van der Waals surface area contributed by atoms with Gasteiger partial charge in [-0.2, -0.15) is 5.10 Å². The van der Waals surface area contributed by atoms with Crippen molar-refractivity contribution >= 4 is 34.7 Å². The summed E-state index contributed by atoms with van der Waals surface area (Å²) in [5.41, 5.74) is 3.01. The molecule has 0 fully saturated rings. The number of halogens is 2. The van der Waals surface area contributed by atoms with Crippen molar-refractivity contribution in [3.8, 4) is 0 Å². The van der Waals surface area contributed by atoms with Gasteiger partial charge in [0.15, 0.2) is 5.78 Å². The summed E-state index contributed by atoms with van der Waals surface area (Å²) in [5.74, 6) is -0.133. The van der Waals surface area contributed by atoms with Crippen molar-refractivity contribution in [3.63, 3.8) is 0 Å². The van der Waals surface area contributed by atoms with Crippen LogP contribution in [0.4, 0.5) is 0 Å². The van der Waals surface area contributed by atoms with E-state index in [4.69, 9.17) is 23.2 Å². The lowest BCUT2D eigenvalue weighted by atomic mass is 10.2. The molecule has 1 rings (SSSR count). The van der Waals surface area contributed by atoms with Crippen molar-refractivity contribution in [2.75, 3.05) is 0 Å². The number of rotatable bonds is 3. The fourth-order valence-electron chi connectivity index (χ4n) is 0.809. The molecule has 0 bridgehead atoms. The van der Waals surface area contributed by atoms with E-state index in [2.05, 4.69) is 10.5 Å². The lowest BCUT2D eigenvalue weighted by molar-refractivity contribution is -0.110. The van der Waals surface area contributed by atoms with Gasteiger partial charge in [0.05, 0.1) is 5.03 Å². The monoisotopic (exact) mass is 232 g/mol. The number of nitrogens with zero attached hydrogens (tertiary/aromatic N) is 1. The van der Waals surface area contributed by atoms with Crippen LogP contribution in [0.25, 0.3) is 0 Å². The summed E-state index contributed by atoms with van der Waals surface area (Å²) >= 11 is 11.6. The molecule has 5 heteroatoms. The van der Waals surface area contributed by atoms with Crippen LogP contribution in [-0.4, -0.2) is 17.0 Å². The Kier molecular flexibility index (Phi) is 4.17. The smallest absolute Gasteiger partial charge is 0.180 e. The van der Waals surface area contributed by atoms with Crippen molar-refractivity contribution in [2.24, 2.45) is 5.10 Å². The highest BCUT2D eigenvalue weighted by atomic mass is 35.5. The Labute approximate surface area is 92.5 Å². The molecule has 3 nitrogen and oxygen atoms in total. The van der Waals surface area contributed by atoms with Crippen molar-refractivity contribution in [1.82, 2.24) is 5.43 Å². The first-order chi connectivity index (χ1) is 6.63. The molecule has 0 amide bonds. The second kappa shape index (κ2) is 5.17.